The van der Waals surface area contributed by atoms with Gasteiger partial charge in [0, 0.05) is 23.9 Å². The highest BCUT2D eigenvalue weighted by Gasteiger charge is 2.25. The number of anilines is 1. The molecule has 0 aromatic carbocycles. The molecule has 0 saturated carbocycles. The van der Waals surface area contributed by atoms with E-state index in [1.807, 2.05) is 17.7 Å². The summed E-state index contributed by atoms with van der Waals surface area (Å²) in [5.74, 6) is 0.736. The smallest absolute Gasteiger partial charge is 0.225 e. The molecular formula is C16H31ClN4O. The van der Waals surface area contributed by atoms with Crippen molar-refractivity contribution in [2.75, 3.05) is 5.32 Å². The number of nitrogens with two attached hydrogens (primary N) is 1. The van der Waals surface area contributed by atoms with Gasteiger partial charge in [0.2, 0.25) is 5.91 Å². The van der Waals surface area contributed by atoms with Gasteiger partial charge in [-0.15, -0.1) is 12.4 Å². The van der Waals surface area contributed by atoms with Crippen LogP contribution in [0.4, 0.5) is 5.82 Å². The summed E-state index contributed by atoms with van der Waals surface area (Å²) in [6.45, 7) is 14.5. The molecule has 0 aliphatic rings. The topological polar surface area (TPSA) is 72.9 Å². The zero-order chi connectivity index (χ0) is 16.4. The number of hydrogen-bond acceptors (Lipinski definition) is 3. The zero-order valence-electron chi connectivity index (χ0n) is 14.9. The Morgan fingerprint density at radius 3 is 2.27 bits per heavy atom. The first-order valence-electron chi connectivity index (χ1n) is 7.57. The highest BCUT2D eigenvalue weighted by molar-refractivity contribution is 5.90. The second-order valence-corrected chi connectivity index (χ2v) is 7.81. The Hall–Kier alpha value is -1.07. The number of carbonyl (C=O) groups excluding carboxylic acids is 1. The Bertz CT molecular complexity index is 495. The monoisotopic (exact) mass is 330 g/mol. The molecule has 0 spiro atoms. The second-order valence-electron chi connectivity index (χ2n) is 7.81. The predicted octanol–water partition coefficient (Wildman–Crippen LogP) is 3.42. The number of halogens is 1. The molecule has 0 bridgehead atoms. The summed E-state index contributed by atoms with van der Waals surface area (Å²) < 4.78 is 1.89. The van der Waals surface area contributed by atoms with Crippen LogP contribution in [0.3, 0.4) is 0 Å². The van der Waals surface area contributed by atoms with Crippen molar-refractivity contribution in [1.82, 2.24) is 9.78 Å². The van der Waals surface area contributed by atoms with Crippen LogP contribution in [0.2, 0.25) is 0 Å². The lowest BCUT2D eigenvalue weighted by molar-refractivity contribution is -0.116. The van der Waals surface area contributed by atoms with E-state index in [4.69, 9.17) is 5.73 Å². The van der Waals surface area contributed by atoms with E-state index in [1.54, 1.807) is 0 Å². The van der Waals surface area contributed by atoms with Gasteiger partial charge in [0.15, 0.2) is 0 Å². The molecule has 6 heteroatoms. The Labute approximate surface area is 140 Å². The van der Waals surface area contributed by atoms with Crippen molar-refractivity contribution in [3.05, 3.63) is 11.8 Å². The summed E-state index contributed by atoms with van der Waals surface area (Å²) in [5.41, 5.74) is 6.43. The van der Waals surface area contributed by atoms with Gasteiger partial charge in [0.05, 0.1) is 11.2 Å². The van der Waals surface area contributed by atoms with Crippen LogP contribution in [0.25, 0.3) is 0 Å². The number of nitrogens with one attached hydrogen (secondary N) is 1. The minimum Gasteiger partial charge on any atom is -0.328 e. The number of hydrogen-bond donors (Lipinski definition) is 2. The molecule has 22 heavy (non-hydrogen) atoms. The summed E-state index contributed by atoms with van der Waals surface area (Å²) in [4.78, 5) is 12.0. The fourth-order valence-electron chi connectivity index (χ4n) is 1.91. The molecule has 1 aromatic rings. The maximum atomic E-state index is 12.0. The summed E-state index contributed by atoms with van der Waals surface area (Å²) in [5, 5.41) is 7.65. The molecule has 0 saturated heterocycles. The fourth-order valence-corrected chi connectivity index (χ4v) is 1.91. The van der Waals surface area contributed by atoms with E-state index >= 15 is 0 Å². The summed E-state index contributed by atoms with van der Waals surface area (Å²) in [6, 6.07) is 2.00. The molecule has 1 aromatic heterocycles. The Morgan fingerprint density at radius 2 is 1.86 bits per heavy atom. The largest absolute Gasteiger partial charge is 0.328 e. The van der Waals surface area contributed by atoms with Gasteiger partial charge >= 0.3 is 0 Å². The first-order chi connectivity index (χ1) is 9.41. The van der Waals surface area contributed by atoms with Crippen molar-refractivity contribution in [3.8, 4) is 0 Å². The number of aromatic nitrogens is 2. The van der Waals surface area contributed by atoms with Gasteiger partial charge < -0.3 is 11.1 Å². The molecule has 0 aliphatic heterocycles. The average Bonchev–Trinajstić information content (AvgIpc) is 2.69. The normalized spacial score (nSPS) is 13.5. The SMILES string of the molecule is CC(N)CCC(=O)Nc1cc(C(C)(C)C)nn1C(C)(C)C.Cl. The fraction of sp³-hybridized carbons (Fsp3) is 0.750. The van der Waals surface area contributed by atoms with Gasteiger partial charge in [-0.3, -0.25) is 4.79 Å². The summed E-state index contributed by atoms with van der Waals surface area (Å²) >= 11 is 0. The Balaban J connectivity index is 0.00000441. The van der Waals surface area contributed by atoms with Crippen molar-refractivity contribution >= 4 is 24.1 Å². The van der Waals surface area contributed by atoms with E-state index in [0.717, 1.165) is 11.5 Å². The van der Waals surface area contributed by atoms with Crippen LogP contribution in [0.15, 0.2) is 6.07 Å². The van der Waals surface area contributed by atoms with Gasteiger partial charge in [0.1, 0.15) is 5.82 Å². The van der Waals surface area contributed by atoms with Gasteiger partial charge in [-0.1, -0.05) is 20.8 Å². The molecule has 1 unspecified atom stereocenters. The van der Waals surface area contributed by atoms with Crippen LogP contribution in [0, 0.1) is 0 Å². The minimum atomic E-state index is -0.187. The van der Waals surface area contributed by atoms with Crippen LogP contribution in [-0.2, 0) is 15.7 Å². The Kier molecular flexibility index (Phi) is 7.10. The third kappa shape index (κ3) is 5.97. The zero-order valence-corrected chi connectivity index (χ0v) is 15.7. The lowest BCUT2D eigenvalue weighted by Crippen LogP contribution is -2.27. The quantitative estimate of drug-likeness (QED) is 0.888. The highest BCUT2D eigenvalue weighted by atomic mass is 35.5. The van der Waals surface area contributed by atoms with E-state index < -0.39 is 0 Å². The van der Waals surface area contributed by atoms with E-state index in [0.29, 0.717) is 12.8 Å². The highest BCUT2D eigenvalue weighted by Crippen LogP contribution is 2.28. The van der Waals surface area contributed by atoms with Crippen LogP contribution in [0.5, 0.6) is 0 Å². The molecule has 0 aliphatic carbocycles. The number of carbonyl (C=O) groups is 1. The van der Waals surface area contributed by atoms with Crippen molar-refractivity contribution in [3.63, 3.8) is 0 Å². The van der Waals surface area contributed by atoms with Crippen LogP contribution >= 0.6 is 12.4 Å². The van der Waals surface area contributed by atoms with Gasteiger partial charge in [-0.25, -0.2) is 4.68 Å². The molecule has 1 atom stereocenters. The molecule has 1 rings (SSSR count). The van der Waals surface area contributed by atoms with E-state index in [9.17, 15) is 4.79 Å². The van der Waals surface area contributed by atoms with E-state index in [-0.39, 0.29) is 35.3 Å². The Morgan fingerprint density at radius 1 is 1.32 bits per heavy atom. The van der Waals surface area contributed by atoms with Crippen molar-refractivity contribution in [2.45, 2.75) is 78.3 Å². The molecule has 128 valence electrons. The third-order valence-electron chi connectivity index (χ3n) is 3.21. The van der Waals surface area contributed by atoms with Crippen LogP contribution < -0.4 is 11.1 Å². The van der Waals surface area contributed by atoms with Crippen molar-refractivity contribution in [1.29, 1.82) is 0 Å². The number of amides is 1. The molecule has 5 nitrogen and oxygen atoms in total. The lowest BCUT2D eigenvalue weighted by atomic mass is 9.92. The summed E-state index contributed by atoms with van der Waals surface area (Å²) in [6.07, 6.45) is 1.11. The molecule has 1 amide bonds. The van der Waals surface area contributed by atoms with Gasteiger partial charge in [-0.05, 0) is 34.1 Å². The van der Waals surface area contributed by atoms with Crippen molar-refractivity contribution in [2.24, 2.45) is 5.73 Å². The minimum absolute atomic E-state index is 0. The molecule has 0 radical (unpaired) electrons. The molecule has 1 heterocycles. The maximum absolute atomic E-state index is 12.0. The third-order valence-corrected chi connectivity index (χ3v) is 3.21. The standard InChI is InChI=1S/C16H30N4O.ClH/c1-11(17)8-9-14(21)18-13-10-12(15(2,3)4)19-20(13)16(5,6)7;/h10-11H,8-9,17H2,1-7H3,(H,18,21);1H. The number of nitrogens with zero attached hydrogens (tertiary/aromatic N) is 2. The van der Waals surface area contributed by atoms with E-state index in [1.165, 1.54) is 0 Å². The average molecular weight is 331 g/mol. The maximum Gasteiger partial charge on any atom is 0.225 e. The van der Waals surface area contributed by atoms with Gasteiger partial charge in [0.25, 0.3) is 0 Å². The van der Waals surface area contributed by atoms with Crippen molar-refractivity contribution < 1.29 is 4.79 Å². The second kappa shape index (κ2) is 7.47. The predicted molar refractivity (Wildman–Crippen MR) is 94.7 cm³/mol. The van der Waals surface area contributed by atoms with Gasteiger partial charge in [-0.2, -0.15) is 5.10 Å². The first-order valence-corrected chi connectivity index (χ1v) is 7.57. The first kappa shape index (κ1) is 20.9. The van der Waals surface area contributed by atoms with Crippen LogP contribution in [0.1, 0.15) is 67.0 Å². The molecule has 0 fully saturated rings. The number of rotatable bonds is 4. The summed E-state index contributed by atoms with van der Waals surface area (Å²) in [7, 11) is 0. The molecule has 3 N–H and O–H groups in total. The van der Waals surface area contributed by atoms with Crippen LogP contribution in [-0.4, -0.2) is 21.7 Å². The van der Waals surface area contributed by atoms with E-state index in [2.05, 4.69) is 52.0 Å². The lowest BCUT2D eigenvalue weighted by Gasteiger charge is -2.23. The molecular weight excluding hydrogens is 300 g/mol.